The topological polar surface area (TPSA) is 49.6 Å². The summed E-state index contributed by atoms with van der Waals surface area (Å²) in [7, 11) is 1.78. The smallest absolute Gasteiger partial charge is 0.191 e. The van der Waals surface area contributed by atoms with Crippen LogP contribution < -0.4 is 10.6 Å². The molecule has 6 heteroatoms. The van der Waals surface area contributed by atoms with Crippen LogP contribution in [0.3, 0.4) is 0 Å². The van der Waals surface area contributed by atoms with Gasteiger partial charge in [0.15, 0.2) is 5.96 Å². The highest BCUT2D eigenvalue weighted by Gasteiger charge is 2.39. The molecule has 1 saturated carbocycles. The lowest BCUT2D eigenvalue weighted by Gasteiger charge is -2.43. The van der Waals surface area contributed by atoms with Gasteiger partial charge in [-0.25, -0.2) is 0 Å². The van der Waals surface area contributed by atoms with E-state index in [1.165, 1.54) is 12.0 Å². The lowest BCUT2D eigenvalue weighted by Crippen LogP contribution is -2.48. The summed E-state index contributed by atoms with van der Waals surface area (Å²) in [5, 5.41) is 7.56. The van der Waals surface area contributed by atoms with Gasteiger partial charge >= 0.3 is 0 Å². The Hall–Kier alpha value is -1.21. The van der Waals surface area contributed by atoms with Crippen molar-refractivity contribution in [2.45, 2.75) is 31.2 Å². The number of benzene rings is 1. The van der Waals surface area contributed by atoms with E-state index in [2.05, 4.69) is 27.8 Å². The van der Waals surface area contributed by atoms with E-state index in [1.807, 2.05) is 24.3 Å². The average molecular weight is 460 g/mol. The van der Waals surface area contributed by atoms with Crippen LogP contribution in [0.1, 0.15) is 30.6 Å². The van der Waals surface area contributed by atoms with Gasteiger partial charge in [0.05, 0.1) is 12.8 Å². The molecule has 0 unspecified atom stereocenters. The van der Waals surface area contributed by atoms with Crippen molar-refractivity contribution >= 4 is 41.5 Å². The first-order valence-corrected chi connectivity index (χ1v) is 8.33. The summed E-state index contributed by atoms with van der Waals surface area (Å²) in [5.41, 5.74) is 1.35. The maximum absolute atomic E-state index is 6.41. The zero-order valence-electron chi connectivity index (χ0n) is 13.7. The van der Waals surface area contributed by atoms with E-state index in [4.69, 9.17) is 16.0 Å². The predicted octanol–water partition coefficient (Wildman–Crippen LogP) is 4.34. The molecular weight excluding hydrogens is 437 g/mol. The van der Waals surface area contributed by atoms with Crippen molar-refractivity contribution in [2.24, 2.45) is 4.99 Å². The number of nitrogens with one attached hydrogen (secondary N) is 2. The van der Waals surface area contributed by atoms with Crippen LogP contribution in [0.15, 0.2) is 52.1 Å². The van der Waals surface area contributed by atoms with Gasteiger partial charge in [0.1, 0.15) is 5.76 Å². The number of hydrogen-bond donors (Lipinski definition) is 2. The molecule has 1 aromatic heterocycles. The third-order valence-corrected chi connectivity index (χ3v) is 4.91. The Morgan fingerprint density at radius 2 is 2.00 bits per heavy atom. The highest BCUT2D eigenvalue weighted by Crippen LogP contribution is 2.45. The molecule has 0 amide bonds. The maximum Gasteiger partial charge on any atom is 0.191 e. The van der Waals surface area contributed by atoms with Crippen LogP contribution in [0.5, 0.6) is 0 Å². The van der Waals surface area contributed by atoms with Crippen molar-refractivity contribution in [1.82, 2.24) is 10.6 Å². The van der Waals surface area contributed by atoms with Crippen molar-refractivity contribution in [1.29, 1.82) is 0 Å². The zero-order valence-corrected chi connectivity index (χ0v) is 16.8. The summed E-state index contributed by atoms with van der Waals surface area (Å²) in [5.74, 6) is 1.66. The van der Waals surface area contributed by atoms with Gasteiger partial charge in [-0.05, 0) is 36.6 Å². The largest absolute Gasteiger partial charge is 0.467 e. The summed E-state index contributed by atoms with van der Waals surface area (Å²) in [6, 6.07) is 12.0. The Labute approximate surface area is 165 Å². The fourth-order valence-corrected chi connectivity index (χ4v) is 3.43. The van der Waals surface area contributed by atoms with Crippen molar-refractivity contribution in [3.05, 3.63) is 59.0 Å². The lowest BCUT2D eigenvalue weighted by molar-refractivity contribution is 0.244. The standard InChI is InChI=1S/C18H22ClN3O.HI/c1-20-17(21-12-14-6-4-11-23-14)22-13-18(9-5-10-18)15-7-2-3-8-16(15)19;/h2-4,6-8,11H,5,9-10,12-13H2,1H3,(H2,20,21,22);1H. The van der Waals surface area contributed by atoms with Crippen LogP contribution in [0, 0.1) is 0 Å². The third kappa shape index (κ3) is 4.25. The summed E-state index contributed by atoms with van der Waals surface area (Å²) >= 11 is 6.41. The minimum Gasteiger partial charge on any atom is -0.467 e. The van der Waals surface area contributed by atoms with Crippen molar-refractivity contribution in [3.8, 4) is 0 Å². The molecule has 2 aromatic rings. The Balaban J connectivity index is 0.00000208. The molecular formula is C18H23ClIN3O. The van der Waals surface area contributed by atoms with Crippen molar-refractivity contribution < 1.29 is 4.42 Å². The molecule has 1 heterocycles. The lowest BCUT2D eigenvalue weighted by atomic mass is 9.64. The van der Waals surface area contributed by atoms with Crippen molar-refractivity contribution in [3.63, 3.8) is 0 Å². The number of nitrogens with zero attached hydrogens (tertiary/aromatic N) is 1. The second-order valence-corrected chi connectivity index (χ2v) is 6.38. The van der Waals surface area contributed by atoms with Gasteiger partial charge in [-0.3, -0.25) is 4.99 Å². The van der Waals surface area contributed by atoms with Gasteiger partial charge in [-0.2, -0.15) is 0 Å². The highest BCUT2D eigenvalue weighted by molar-refractivity contribution is 14.0. The number of aliphatic imine (C=N–C) groups is 1. The van der Waals surface area contributed by atoms with E-state index in [0.717, 1.165) is 36.1 Å². The van der Waals surface area contributed by atoms with Gasteiger partial charge < -0.3 is 15.1 Å². The number of rotatable bonds is 5. The Bertz CT molecular complexity index is 669. The molecule has 130 valence electrons. The van der Waals surface area contributed by atoms with Gasteiger partial charge in [0.2, 0.25) is 0 Å². The molecule has 1 fully saturated rings. The van der Waals surface area contributed by atoms with E-state index >= 15 is 0 Å². The van der Waals surface area contributed by atoms with E-state index < -0.39 is 0 Å². The van der Waals surface area contributed by atoms with Crippen molar-refractivity contribution in [2.75, 3.05) is 13.6 Å². The molecule has 1 aliphatic carbocycles. The molecule has 0 saturated heterocycles. The Morgan fingerprint density at radius 3 is 2.58 bits per heavy atom. The molecule has 0 atom stereocenters. The second kappa shape index (κ2) is 8.76. The summed E-state index contributed by atoms with van der Waals surface area (Å²) < 4.78 is 5.33. The average Bonchev–Trinajstić information content (AvgIpc) is 3.04. The number of guanidine groups is 1. The number of hydrogen-bond acceptors (Lipinski definition) is 2. The molecule has 2 N–H and O–H groups in total. The maximum atomic E-state index is 6.41. The minimum atomic E-state index is 0. The predicted molar refractivity (Wildman–Crippen MR) is 109 cm³/mol. The zero-order chi connectivity index (χ0) is 16.1. The number of halogens is 2. The van der Waals surface area contributed by atoms with Gasteiger partial charge in [0.25, 0.3) is 0 Å². The van der Waals surface area contributed by atoms with E-state index in [1.54, 1.807) is 13.3 Å². The SMILES string of the molecule is CN=C(NCc1ccco1)NCC1(c2ccccc2Cl)CCC1.I. The van der Waals surface area contributed by atoms with E-state index in [0.29, 0.717) is 6.54 Å². The van der Waals surface area contributed by atoms with E-state index in [9.17, 15) is 0 Å². The number of furan rings is 1. The van der Waals surface area contributed by atoms with Crippen LogP contribution in [-0.2, 0) is 12.0 Å². The van der Waals surface area contributed by atoms with Gasteiger partial charge in [-0.1, -0.05) is 36.2 Å². The Kier molecular flexibility index (Phi) is 6.98. The molecule has 0 aliphatic heterocycles. The van der Waals surface area contributed by atoms with Crippen LogP contribution >= 0.6 is 35.6 Å². The van der Waals surface area contributed by atoms with E-state index in [-0.39, 0.29) is 29.4 Å². The van der Waals surface area contributed by atoms with Gasteiger partial charge in [-0.15, -0.1) is 24.0 Å². The molecule has 4 nitrogen and oxygen atoms in total. The molecule has 0 radical (unpaired) electrons. The third-order valence-electron chi connectivity index (χ3n) is 4.58. The summed E-state index contributed by atoms with van der Waals surface area (Å²) in [6.45, 7) is 1.44. The molecule has 0 bridgehead atoms. The summed E-state index contributed by atoms with van der Waals surface area (Å²) in [6.07, 6.45) is 5.22. The van der Waals surface area contributed by atoms with Crippen LogP contribution in [0.2, 0.25) is 5.02 Å². The Morgan fingerprint density at radius 1 is 1.21 bits per heavy atom. The van der Waals surface area contributed by atoms with Crippen LogP contribution in [0.25, 0.3) is 0 Å². The van der Waals surface area contributed by atoms with Gasteiger partial charge in [0, 0.05) is 24.0 Å². The fourth-order valence-electron chi connectivity index (χ4n) is 3.09. The first-order chi connectivity index (χ1) is 11.2. The van der Waals surface area contributed by atoms with Crippen LogP contribution in [-0.4, -0.2) is 19.6 Å². The first-order valence-electron chi connectivity index (χ1n) is 7.95. The fraction of sp³-hybridized carbons (Fsp3) is 0.389. The molecule has 1 aliphatic rings. The molecule has 0 spiro atoms. The second-order valence-electron chi connectivity index (χ2n) is 5.97. The molecule has 24 heavy (non-hydrogen) atoms. The molecule has 3 rings (SSSR count). The van der Waals surface area contributed by atoms with Crippen LogP contribution in [0.4, 0.5) is 0 Å². The quantitative estimate of drug-likeness (QED) is 0.397. The highest BCUT2D eigenvalue weighted by atomic mass is 127. The minimum absolute atomic E-state index is 0. The normalized spacial score (nSPS) is 16.0. The first kappa shape index (κ1) is 19.1. The molecule has 1 aromatic carbocycles. The summed E-state index contributed by atoms with van der Waals surface area (Å²) in [4.78, 5) is 4.28. The monoisotopic (exact) mass is 459 g/mol.